The predicted octanol–water partition coefficient (Wildman–Crippen LogP) is 2.48. The van der Waals surface area contributed by atoms with Crippen molar-refractivity contribution in [2.75, 3.05) is 13.8 Å². The highest BCUT2D eigenvalue weighted by Gasteiger charge is 2.05. The Morgan fingerprint density at radius 3 is 2.79 bits per heavy atom. The normalized spacial score (nSPS) is 11.6. The van der Waals surface area contributed by atoms with Gasteiger partial charge in [0, 0.05) is 6.04 Å². The van der Waals surface area contributed by atoms with Crippen LogP contribution in [0.25, 0.3) is 0 Å². The van der Waals surface area contributed by atoms with Gasteiger partial charge in [-0.3, -0.25) is 4.39 Å². The van der Waals surface area contributed by atoms with E-state index in [4.69, 9.17) is 10.5 Å². The lowest BCUT2D eigenvalue weighted by atomic mass is 10.1. The fourth-order valence-corrected chi connectivity index (χ4v) is 1.16. The van der Waals surface area contributed by atoms with Crippen LogP contribution in [-0.2, 0) is 0 Å². The lowest BCUT2D eigenvalue weighted by molar-refractivity contribution is 0.411. The third-order valence-corrected chi connectivity index (χ3v) is 1.94. The van der Waals surface area contributed by atoms with Gasteiger partial charge in [-0.15, -0.1) is 12.4 Å². The van der Waals surface area contributed by atoms with Gasteiger partial charge in [-0.1, -0.05) is 12.1 Å². The van der Waals surface area contributed by atoms with Crippen molar-refractivity contribution in [3.63, 3.8) is 0 Å². The van der Waals surface area contributed by atoms with E-state index in [1.807, 2.05) is 24.3 Å². The number of hydrogen-bond donors (Lipinski definition) is 1. The smallest absolute Gasteiger partial charge is 0.119 e. The number of nitrogens with two attached hydrogens (primary N) is 1. The summed E-state index contributed by atoms with van der Waals surface area (Å²) in [6.45, 7) is -0.390. The zero-order valence-electron chi connectivity index (χ0n) is 8.07. The van der Waals surface area contributed by atoms with Gasteiger partial charge >= 0.3 is 0 Å². The molecule has 0 spiro atoms. The van der Waals surface area contributed by atoms with Crippen molar-refractivity contribution in [1.82, 2.24) is 0 Å². The minimum Gasteiger partial charge on any atom is -0.497 e. The van der Waals surface area contributed by atoms with Gasteiger partial charge in [-0.2, -0.15) is 0 Å². The number of halogens is 2. The first-order valence-corrected chi connectivity index (χ1v) is 4.23. The maximum Gasteiger partial charge on any atom is 0.119 e. The highest BCUT2D eigenvalue weighted by molar-refractivity contribution is 5.85. The molecule has 0 unspecified atom stereocenters. The van der Waals surface area contributed by atoms with Crippen LogP contribution in [0, 0.1) is 0 Å². The minimum absolute atomic E-state index is 0. The van der Waals surface area contributed by atoms with Crippen molar-refractivity contribution in [1.29, 1.82) is 0 Å². The zero-order chi connectivity index (χ0) is 9.68. The van der Waals surface area contributed by atoms with E-state index in [9.17, 15) is 4.39 Å². The fourth-order valence-electron chi connectivity index (χ4n) is 1.16. The minimum atomic E-state index is -0.390. The fraction of sp³-hybridized carbons (Fsp3) is 0.400. The van der Waals surface area contributed by atoms with E-state index in [2.05, 4.69) is 0 Å². The zero-order valence-corrected chi connectivity index (χ0v) is 8.89. The van der Waals surface area contributed by atoms with Crippen molar-refractivity contribution in [3.8, 4) is 5.75 Å². The second-order valence-corrected chi connectivity index (χ2v) is 2.86. The number of alkyl halides is 1. The first-order valence-electron chi connectivity index (χ1n) is 4.23. The van der Waals surface area contributed by atoms with Gasteiger partial charge in [0.05, 0.1) is 13.8 Å². The average molecular weight is 220 g/mol. The maximum absolute atomic E-state index is 12.0. The van der Waals surface area contributed by atoms with Crippen LogP contribution in [0.1, 0.15) is 18.0 Å². The van der Waals surface area contributed by atoms with Crippen LogP contribution in [-0.4, -0.2) is 13.8 Å². The molecule has 14 heavy (non-hydrogen) atoms. The Kier molecular flexibility index (Phi) is 6.25. The molecule has 0 amide bonds. The number of hydrogen-bond acceptors (Lipinski definition) is 2. The average Bonchev–Trinajstić information content (AvgIpc) is 2.18. The summed E-state index contributed by atoms with van der Waals surface area (Å²) >= 11 is 0. The molecule has 0 bridgehead atoms. The Bertz CT molecular complexity index is 270. The molecule has 0 aliphatic rings. The summed E-state index contributed by atoms with van der Waals surface area (Å²) in [5.41, 5.74) is 6.65. The molecule has 4 heteroatoms. The second-order valence-electron chi connectivity index (χ2n) is 2.86. The van der Waals surface area contributed by atoms with E-state index in [0.29, 0.717) is 6.42 Å². The largest absolute Gasteiger partial charge is 0.497 e. The first-order chi connectivity index (χ1) is 6.27. The van der Waals surface area contributed by atoms with Crippen LogP contribution in [0.3, 0.4) is 0 Å². The molecule has 0 aliphatic carbocycles. The molecule has 1 aromatic carbocycles. The van der Waals surface area contributed by atoms with Gasteiger partial charge in [0.15, 0.2) is 0 Å². The second kappa shape index (κ2) is 6.62. The van der Waals surface area contributed by atoms with Gasteiger partial charge in [0.1, 0.15) is 5.75 Å². The van der Waals surface area contributed by atoms with Gasteiger partial charge in [0.25, 0.3) is 0 Å². The summed E-state index contributed by atoms with van der Waals surface area (Å²) in [6, 6.07) is 7.17. The third kappa shape index (κ3) is 3.52. The van der Waals surface area contributed by atoms with Crippen molar-refractivity contribution < 1.29 is 9.13 Å². The molecule has 2 nitrogen and oxygen atoms in total. The van der Waals surface area contributed by atoms with Crippen LogP contribution in [0.15, 0.2) is 24.3 Å². The van der Waals surface area contributed by atoms with Crippen LogP contribution in [0.2, 0.25) is 0 Å². The Labute approximate surface area is 89.7 Å². The topological polar surface area (TPSA) is 35.2 Å². The molecular formula is C10H15ClFNO. The molecule has 2 N–H and O–H groups in total. The molecule has 0 radical (unpaired) electrons. The van der Waals surface area contributed by atoms with Gasteiger partial charge in [-0.25, -0.2) is 0 Å². The predicted molar refractivity (Wildman–Crippen MR) is 57.8 cm³/mol. The quantitative estimate of drug-likeness (QED) is 0.845. The van der Waals surface area contributed by atoms with Crippen LogP contribution < -0.4 is 10.5 Å². The molecule has 1 atom stereocenters. The Morgan fingerprint density at radius 2 is 2.21 bits per heavy atom. The number of benzene rings is 1. The lowest BCUT2D eigenvalue weighted by Gasteiger charge is -2.10. The summed E-state index contributed by atoms with van der Waals surface area (Å²) in [6.07, 6.45) is 0.354. The summed E-state index contributed by atoms with van der Waals surface area (Å²) in [4.78, 5) is 0. The number of methoxy groups -OCH3 is 1. The van der Waals surface area contributed by atoms with Crippen molar-refractivity contribution in [2.45, 2.75) is 12.5 Å². The standard InChI is InChI=1S/C10H14FNO.ClH/c1-13-9-4-2-3-8(7-9)10(12)5-6-11;/h2-4,7,10H,5-6,12H2,1H3;1H/t10-;/m1./s1. The third-order valence-electron chi connectivity index (χ3n) is 1.94. The number of rotatable bonds is 4. The molecule has 1 aromatic rings. The molecule has 0 fully saturated rings. The molecular weight excluding hydrogens is 205 g/mol. The molecule has 0 aliphatic heterocycles. The van der Waals surface area contributed by atoms with Crippen molar-refractivity contribution >= 4 is 12.4 Å². The summed E-state index contributed by atoms with van der Waals surface area (Å²) in [7, 11) is 1.60. The molecule has 80 valence electrons. The van der Waals surface area contributed by atoms with E-state index in [1.54, 1.807) is 7.11 Å². The van der Waals surface area contributed by atoms with Crippen molar-refractivity contribution in [2.24, 2.45) is 5.73 Å². The monoisotopic (exact) mass is 219 g/mol. The number of ether oxygens (including phenoxy) is 1. The molecule has 0 saturated heterocycles. The summed E-state index contributed by atoms with van der Waals surface area (Å²) in [5.74, 6) is 0.756. The summed E-state index contributed by atoms with van der Waals surface area (Å²) in [5, 5.41) is 0. The van der Waals surface area contributed by atoms with Crippen LogP contribution >= 0.6 is 12.4 Å². The van der Waals surface area contributed by atoms with Gasteiger partial charge in [-0.05, 0) is 24.1 Å². The van der Waals surface area contributed by atoms with Crippen molar-refractivity contribution in [3.05, 3.63) is 29.8 Å². The van der Waals surface area contributed by atoms with E-state index in [1.165, 1.54) is 0 Å². The van der Waals surface area contributed by atoms with E-state index in [-0.39, 0.29) is 18.4 Å². The maximum atomic E-state index is 12.0. The first kappa shape index (κ1) is 13.2. The Balaban J connectivity index is 0.00000169. The summed E-state index contributed by atoms with van der Waals surface area (Å²) < 4.78 is 17.0. The molecule has 0 aromatic heterocycles. The molecule has 0 heterocycles. The molecule has 1 rings (SSSR count). The Hall–Kier alpha value is -0.800. The SMILES string of the molecule is COc1cccc([C@H](N)CCF)c1.Cl. The van der Waals surface area contributed by atoms with Crippen LogP contribution in [0.5, 0.6) is 5.75 Å². The van der Waals surface area contributed by atoms with E-state index < -0.39 is 6.67 Å². The van der Waals surface area contributed by atoms with Gasteiger partial charge < -0.3 is 10.5 Å². The van der Waals surface area contributed by atoms with Gasteiger partial charge in [0.2, 0.25) is 0 Å². The Morgan fingerprint density at radius 1 is 1.50 bits per heavy atom. The molecule has 0 saturated carbocycles. The highest BCUT2D eigenvalue weighted by atomic mass is 35.5. The lowest BCUT2D eigenvalue weighted by Crippen LogP contribution is -2.10. The highest BCUT2D eigenvalue weighted by Crippen LogP contribution is 2.19. The van der Waals surface area contributed by atoms with E-state index >= 15 is 0 Å². The van der Waals surface area contributed by atoms with E-state index in [0.717, 1.165) is 11.3 Å². The van der Waals surface area contributed by atoms with Crippen LogP contribution in [0.4, 0.5) is 4.39 Å².